The zero-order chi connectivity index (χ0) is 20.4. The molecule has 0 radical (unpaired) electrons. The minimum atomic E-state index is -3.14. The molecule has 1 unspecified atom stereocenters. The van der Waals surface area contributed by atoms with Crippen LogP contribution in [-0.4, -0.2) is 59.6 Å². The largest absolute Gasteiger partial charge is 0.488 e. The monoisotopic (exact) mass is 412 g/mol. The van der Waals surface area contributed by atoms with Gasteiger partial charge in [0, 0.05) is 38.7 Å². The number of aryl methyl sites for hydroxylation is 1. The Balaban J connectivity index is 1.81. The summed E-state index contributed by atoms with van der Waals surface area (Å²) >= 11 is 0. The molecule has 0 saturated carbocycles. The Morgan fingerprint density at radius 2 is 2.14 bits per heavy atom. The summed E-state index contributed by atoms with van der Waals surface area (Å²) in [5, 5.41) is 6.47. The number of benzene rings is 1. The lowest BCUT2D eigenvalue weighted by atomic mass is 10.1. The van der Waals surface area contributed by atoms with E-state index in [1.165, 1.54) is 0 Å². The molecular weight excluding hydrogens is 380 g/mol. The maximum Gasteiger partial charge on any atom is 0.211 e. The van der Waals surface area contributed by atoms with Crippen LogP contribution in [0.3, 0.4) is 0 Å². The van der Waals surface area contributed by atoms with Crippen molar-refractivity contribution >= 4 is 16.0 Å². The highest BCUT2D eigenvalue weighted by Crippen LogP contribution is 2.23. The normalized spacial score (nSPS) is 17.5. The van der Waals surface area contributed by atoms with E-state index < -0.39 is 10.0 Å². The van der Waals surface area contributed by atoms with Crippen LogP contribution in [0.1, 0.15) is 30.9 Å². The molecule has 1 atom stereocenters. The lowest BCUT2D eigenvalue weighted by Gasteiger charge is -2.18. The fraction of sp³-hybridized carbons (Fsp3) is 0.632. The summed E-state index contributed by atoms with van der Waals surface area (Å²) < 4.78 is 36.9. The van der Waals surface area contributed by atoms with E-state index in [2.05, 4.69) is 32.5 Å². The highest BCUT2D eigenvalue weighted by molar-refractivity contribution is 7.89. The minimum absolute atomic E-state index is 0.0948. The molecular formula is C19H32N4O4S. The zero-order valence-corrected chi connectivity index (χ0v) is 17.8. The molecule has 1 fully saturated rings. The van der Waals surface area contributed by atoms with Gasteiger partial charge in [-0.05, 0) is 31.9 Å². The highest BCUT2D eigenvalue weighted by atomic mass is 32.2. The van der Waals surface area contributed by atoms with E-state index >= 15 is 0 Å². The van der Waals surface area contributed by atoms with Gasteiger partial charge >= 0.3 is 0 Å². The van der Waals surface area contributed by atoms with Crippen molar-refractivity contribution in [3.8, 4) is 5.75 Å². The van der Waals surface area contributed by atoms with Gasteiger partial charge in [-0.25, -0.2) is 13.1 Å². The van der Waals surface area contributed by atoms with E-state index in [1.54, 1.807) is 14.0 Å². The van der Waals surface area contributed by atoms with Gasteiger partial charge in [-0.1, -0.05) is 12.1 Å². The molecule has 0 bridgehead atoms. The maximum atomic E-state index is 11.4. The first-order valence-corrected chi connectivity index (χ1v) is 11.3. The average Bonchev–Trinajstić information content (AvgIpc) is 3.18. The van der Waals surface area contributed by atoms with Gasteiger partial charge in [0.05, 0.1) is 19.0 Å². The van der Waals surface area contributed by atoms with Crippen LogP contribution in [0.15, 0.2) is 23.2 Å². The molecule has 158 valence electrons. The summed E-state index contributed by atoms with van der Waals surface area (Å²) in [5.74, 6) is 1.62. The fourth-order valence-corrected chi connectivity index (χ4v) is 3.39. The van der Waals surface area contributed by atoms with Gasteiger partial charge in [0.1, 0.15) is 11.9 Å². The van der Waals surface area contributed by atoms with Crippen molar-refractivity contribution in [2.45, 2.75) is 39.3 Å². The van der Waals surface area contributed by atoms with Crippen LogP contribution < -0.4 is 20.1 Å². The average molecular weight is 413 g/mol. The van der Waals surface area contributed by atoms with Gasteiger partial charge < -0.3 is 20.1 Å². The molecule has 8 nitrogen and oxygen atoms in total. The Kier molecular flexibility index (Phi) is 9.01. The first kappa shape index (κ1) is 22.4. The van der Waals surface area contributed by atoms with E-state index in [-0.39, 0.29) is 11.9 Å². The van der Waals surface area contributed by atoms with Crippen LogP contribution in [0.2, 0.25) is 0 Å². The summed E-state index contributed by atoms with van der Waals surface area (Å²) in [4.78, 5) is 4.21. The molecule has 0 amide bonds. The van der Waals surface area contributed by atoms with E-state index in [9.17, 15) is 8.42 Å². The molecule has 0 aliphatic carbocycles. The number of rotatable bonds is 10. The third-order valence-electron chi connectivity index (χ3n) is 4.42. The van der Waals surface area contributed by atoms with Crippen LogP contribution in [-0.2, 0) is 21.3 Å². The molecule has 1 aromatic carbocycles. The van der Waals surface area contributed by atoms with Crippen LogP contribution in [0, 0.1) is 6.92 Å². The predicted molar refractivity (Wildman–Crippen MR) is 111 cm³/mol. The summed E-state index contributed by atoms with van der Waals surface area (Å²) in [5.41, 5.74) is 2.20. The number of aliphatic imine (C=N–C) groups is 1. The number of sulfonamides is 1. The third kappa shape index (κ3) is 7.65. The van der Waals surface area contributed by atoms with E-state index in [4.69, 9.17) is 9.47 Å². The molecule has 1 heterocycles. The summed E-state index contributed by atoms with van der Waals surface area (Å²) in [7, 11) is -1.43. The highest BCUT2D eigenvalue weighted by Gasteiger charge is 2.18. The van der Waals surface area contributed by atoms with Crippen LogP contribution in [0.5, 0.6) is 5.75 Å². The lowest BCUT2D eigenvalue weighted by Crippen LogP contribution is -2.38. The Bertz CT molecular complexity index is 746. The number of ether oxygens (including phenoxy) is 2. The van der Waals surface area contributed by atoms with E-state index in [0.29, 0.717) is 38.6 Å². The zero-order valence-electron chi connectivity index (χ0n) is 17.0. The van der Waals surface area contributed by atoms with Crippen molar-refractivity contribution < 1.29 is 17.9 Å². The second-order valence-corrected chi connectivity index (χ2v) is 8.81. The van der Waals surface area contributed by atoms with E-state index in [1.807, 2.05) is 13.0 Å². The fourth-order valence-electron chi connectivity index (χ4n) is 2.73. The van der Waals surface area contributed by atoms with Gasteiger partial charge in [0.25, 0.3) is 0 Å². The lowest BCUT2D eigenvalue weighted by molar-refractivity contribution is 0.140. The topological polar surface area (TPSA) is 101 Å². The van der Waals surface area contributed by atoms with Crippen molar-refractivity contribution in [3.63, 3.8) is 0 Å². The summed E-state index contributed by atoms with van der Waals surface area (Å²) in [6, 6.07) is 6.16. The van der Waals surface area contributed by atoms with Gasteiger partial charge in [-0.3, -0.25) is 4.99 Å². The smallest absolute Gasteiger partial charge is 0.211 e. The van der Waals surface area contributed by atoms with Crippen molar-refractivity contribution in [1.82, 2.24) is 15.4 Å². The molecule has 0 aromatic heterocycles. The standard InChI is InChI=1S/C19H32N4O4S/c1-4-28(24,25)23-10-5-9-21-19(20-3)22-13-16-7-6-15(2)12-18(16)27-17-8-11-26-14-17/h6-7,12,17,23H,4-5,8-11,13-14H2,1-3H3,(H2,20,21,22). The Labute approximate surface area is 168 Å². The molecule has 1 aromatic rings. The molecule has 2 rings (SSSR count). The van der Waals surface area contributed by atoms with Crippen LogP contribution >= 0.6 is 0 Å². The Hall–Kier alpha value is -1.84. The van der Waals surface area contributed by atoms with Gasteiger partial charge in [-0.2, -0.15) is 0 Å². The molecule has 28 heavy (non-hydrogen) atoms. The predicted octanol–water partition coefficient (Wildman–Crippen LogP) is 1.16. The Morgan fingerprint density at radius 1 is 1.32 bits per heavy atom. The molecule has 1 aliphatic heterocycles. The van der Waals surface area contributed by atoms with Crippen LogP contribution in [0.25, 0.3) is 0 Å². The van der Waals surface area contributed by atoms with Crippen molar-refractivity contribution in [3.05, 3.63) is 29.3 Å². The maximum absolute atomic E-state index is 11.4. The molecule has 9 heteroatoms. The second-order valence-electron chi connectivity index (χ2n) is 6.72. The van der Waals surface area contributed by atoms with Crippen molar-refractivity contribution in [2.24, 2.45) is 4.99 Å². The third-order valence-corrected chi connectivity index (χ3v) is 5.83. The minimum Gasteiger partial charge on any atom is -0.488 e. The quantitative estimate of drug-likeness (QED) is 0.303. The first-order valence-electron chi connectivity index (χ1n) is 9.69. The van der Waals surface area contributed by atoms with Crippen molar-refractivity contribution in [1.29, 1.82) is 0 Å². The van der Waals surface area contributed by atoms with E-state index in [0.717, 1.165) is 29.9 Å². The molecule has 1 aliphatic rings. The van der Waals surface area contributed by atoms with Crippen LogP contribution in [0.4, 0.5) is 0 Å². The second kappa shape index (κ2) is 11.2. The number of hydrogen-bond donors (Lipinski definition) is 3. The summed E-state index contributed by atoms with van der Waals surface area (Å²) in [6.07, 6.45) is 1.68. The number of nitrogens with one attached hydrogen (secondary N) is 3. The van der Waals surface area contributed by atoms with Crippen molar-refractivity contribution in [2.75, 3.05) is 39.1 Å². The first-order chi connectivity index (χ1) is 13.4. The number of hydrogen-bond acceptors (Lipinski definition) is 5. The Morgan fingerprint density at radius 3 is 2.82 bits per heavy atom. The van der Waals surface area contributed by atoms with Gasteiger partial charge in [0.15, 0.2) is 5.96 Å². The van der Waals surface area contributed by atoms with Gasteiger partial charge in [0.2, 0.25) is 10.0 Å². The SMILES string of the molecule is CCS(=O)(=O)NCCCNC(=NC)NCc1ccc(C)cc1OC1CCOC1. The number of guanidine groups is 1. The molecule has 0 spiro atoms. The summed E-state index contributed by atoms with van der Waals surface area (Å²) in [6.45, 7) is 6.63. The molecule has 1 saturated heterocycles. The van der Waals surface area contributed by atoms with Gasteiger partial charge in [-0.15, -0.1) is 0 Å². The molecule has 3 N–H and O–H groups in total. The number of nitrogens with zero attached hydrogens (tertiary/aromatic N) is 1.